The Labute approximate surface area is 95.1 Å². The van der Waals surface area contributed by atoms with Gasteiger partial charge in [0.2, 0.25) is 0 Å². The normalized spacial score (nSPS) is 13.9. The largest absolute Gasteiger partial charge is 0.496 e. The molecule has 0 aliphatic carbocycles. The summed E-state index contributed by atoms with van der Waals surface area (Å²) in [6, 6.07) is 4.44. The van der Waals surface area contributed by atoms with Crippen molar-refractivity contribution in [3.8, 4) is 18.1 Å². The minimum absolute atomic E-state index is 0.160. The van der Waals surface area contributed by atoms with Crippen molar-refractivity contribution in [3.05, 3.63) is 29.6 Å². The first-order chi connectivity index (χ1) is 7.53. The number of terminal acetylenes is 1. The maximum atomic E-state index is 13.7. The first-order valence-corrected chi connectivity index (χ1v) is 5.01. The molecule has 1 N–H and O–H groups in total. The van der Waals surface area contributed by atoms with Gasteiger partial charge in [-0.15, -0.1) is 12.3 Å². The van der Waals surface area contributed by atoms with Crippen molar-refractivity contribution in [2.24, 2.45) is 0 Å². The molecular weight excluding hydrogens is 207 g/mol. The number of methoxy groups -OCH3 is 1. The molecule has 0 saturated heterocycles. The topological polar surface area (TPSA) is 29.5 Å². The van der Waals surface area contributed by atoms with E-state index in [-0.39, 0.29) is 5.56 Å². The van der Waals surface area contributed by atoms with E-state index in [1.54, 1.807) is 6.07 Å². The summed E-state index contributed by atoms with van der Waals surface area (Å²) >= 11 is 0. The second-order valence-corrected chi connectivity index (χ2v) is 3.80. The van der Waals surface area contributed by atoms with Gasteiger partial charge in [-0.05, 0) is 25.5 Å². The molecule has 16 heavy (non-hydrogen) atoms. The highest BCUT2D eigenvalue weighted by molar-refractivity contribution is 5.38. The van der Waals surface area contributed by atoms with Crippen molar-refractivity contribution in [1.29, 1.82) is 0 Å². The number of halogens is 1. The lowest BCUT2D eigenvalue weighted by molar-refractivity contribution is 0.0430. The number of hydrogen-bond donors (Lipinski definition) is 1. The molecule has 1 atom stereocenters. The Morgan fingerprint density at radius 1 is 1.56 bits per heavy atom. The van der Waals surface area contributed by atoms with Gasteiger partial charge in [-0.25, -0.2) is 4.39 Å². The van der Waals surface area contributed by atoms with Crippen LogP contribution in [0, 0.1) is 18.2 Å². The van der Waals surface area contributed by atoms with Crippen LogP contribution in [0.25, 0.3) is 0 Å². The van der Waals surface area contributed by atoms with E-state index in [1.807, 2.05) is 0 Å². The van der Waals surface area contributed by atoms with E-state index in [9.17, 15) is 9.50 Å². The predicted octanol–water partition coefficient (Wildman–Crippen LogP) is 2.46. The molecule has 0 aliphatic rings. The van der Waals surface area contributed by atoms with E-state index < -0.39 is 11.4 Å². The summed E-state index contributed by atoms with van der Waals surface area (Å²) in [6.45, 7) is 1.53. The van der Waals surface area contributed by atoms with Gasteiger partial charge >= 0.3 is 0 Å². The number of aliphatic hydroxyl groups is 1. The van der Waals surface area contributed by atoms with Crippen molar-refractivity contribution in [2.75, 3.05) is 7.11 Å². The zero-order chi connectivity index (χ0) is 12.2. The zero-order valence-corrected chi connectivity index (χ0v) is 9.46. The van der Waals surface area contributed by atoms with Crippen molar-refractivity contribution >= 4 is 0 Å². The lowest BCUT2D eigenvalue weighted by atomic mass is 9.90. The quantitative estimate of drug-likeness (QED) is 0.793. The maximum absolute atomic E-state index is 13.7. The number of ether oxygens (including phenoxy) is 1. The van der Waals surface area contributed by atoms with Crippen LogP contribution in [0.15, 0.2) is 18.2 Å². The fourth-order valence-electron chi connectivity index (χ4n) is 1.64. The first-order valence-electron chi connectivity index (χ1n) is 5.01. The van der Waals surface area contributed by atoms with Crippen LogP contribution < -0.4 is 4.74 Å². The van der Waals surface area contributed by atoms with Crippen LogP contribution in [0.3, 0.4) is 0 Å². The summed E-state index contributed by atoms with van der Waals surface area (Å²) in [7, 11) is 1.44. The van der Waals surface area contributed by atoms with Crippen LogP contribution >= 0.6 is 0 Å². The van der Waals surface area contributed by atoms with Crippen molar-refractivity contribution in [1.82, 2.24) is 0 Å². The minimum Gasteiger partial charge on any atom is -0.496 e. The monoisotopic (exact) mass is 222 g/mol. The van der Waals surface area contributed by atoms with E-state index in [2.05, 4.69) is 5.92 Å². The Bertz CT molecular complexity index is 405. The Kier molecular flexibility index (Phi) is 3.92. The van der Waals surface area contributed by atoms with Gasteiger partial charge in [0.15, 0.2) is 0 Å². The number of hydrogen-bond acceptors (Lipinski definition) is 2. The van der Waals surface area contributed by atoms with E-state index in [4.69, 9.17) is 11.2 Å². The molecule has 0 bridgehead atoms. The fraction of sp³-hybridized carbons (Fsp3) is 0.385. The molecule has 0 amide bonds. The van der Waals surface area contributed by atoms with Crippen molar-refractivity contribution in [3.63, 3.8) is 0 Å². The highest BCUT2D eigenvalue weighted by atomic mass is 19.1. The molecule has 2 nitrogen and oxygen atoms in total. The summed E-state index contributed by atoms with van der Waals surface area (Å²) in [5.74, 6) is 2.28. The molecule has 1 aromatic carbocycles. The molecule has 0 aliphatic heterocycles. The van der Waals surface area contributed by atoms with Gasteiger partial charge in [0.25, 0.3) is 0 Å². The van der Waals surface area contributed by atoms with Crippen molar-refractivity contribution < 1.29 is 14.2 Å². The molecule has 0 radical (unpaired) electrons. The summed E-state index contributed by atoms with van der Waals surface area (Å²) in [5.41, 5.74) is -1.16. The van der Waals surface area contributed by atoms with Gasteiger partial charge in [0.1, 0.15) is 11.6 Å². The van der Waals surface area contributed by atoms with E-state index >= 15 is 0 Å². The smallest absolute Gasteiger partial charge is 0.133 e. The Hall–Kier alpha value is -1.53. The molecule has 1 unspecified atom stereocenters. The zero-order valence-electron chi connectivity index (χ0n) is 9.46. The van der Waals surface area contributed by atoms with E-state index in [0.717, 1.165) is 0 Å². The van der Waals surface area contributed by atoms with Gasteiger partial charge in [-0.2, -0.15) is 0 Å². The second kappa shape index (κ2) is 5.00. The third kappa shape index (κ3) is 2.53. The Morgan fingerprint density at radius 2 is 2.25 bits per heavy atom. The number of benzene rings is 1. The van der Waals surface area contributed by atoms with Crippen molar-refractivity contribution in [2.45, 2.75) is 25.4 Å². The third-order valence-corrected chi connectivity index (χ3v) is 2.49. The summed E-state index contributed by atoms with van der Waals surface area (Å²) < 4.78 is 18.7. The molecule has 1 rings (SSSR count). The van der Waals surface area contributed by atoms with E-state index in [0.29, 0.717) is 18.6 Å². The Balaban J connectivity index is 3.15. The third-order valence-electron chi connectivity index (χ3n) is 2.49. The molecule has 1 aromatic rings. The average molecular weight is 222 g/mol. The predicted molar refractivity (Wildman–Crippen MR) is 60.6 cm³/mol. The Morgan fingerprint density at radius 3 is 2.81 bits per heavy atom. The standard InChI is InChI=1S/C13H15FO2/c1-4-5-9-13(2,15)12-10(14)7-6-8-11(12)16-3/h1,6-8,15H,5,9H2,2-3H3. The average Bonchev–Trinajstić information content (AvgIpc) is 2.25. The molecular formula is C13H15FO2. The van der Waals surface area contributed by atoms with Crippen LogP contribution in [0.1, 0.15) is 25.3 Å². The number of rotatable bonds is 4. The van der Waals surface area contributed by atoms with Crippen LogP contribution in [0.4, 0.5) is 4.39 Å². The molecule has 3 heteroatoms. The van der Waals surface area contributed by atoms with Gasteiger partial charge in [0.05, 0.1) is 18.3 Å². The van der Waals surface area contributed by atoms with Gasteiger partial charge in [-0.3, -0.25) is 0 Å². The summed E-state index contributed by atoms with van der Waals surface area (Å²) in [4.78, 5) is 0. The van der Waals surface area contributed by atoms with Gasteiger partial charge < -0.3 is 9.84 Å². The van der Waals surface area contributed by atoms with E-state index in [1.165, 1.54) is 26.2 Å². The molecule has 0 heterocycles. The molecule has 86 valence electrons. The maximum Gasteiger partial charge on any atom is 0.133 e. The lowest BCUT2D eigenvalue weighted by Crippen LogP contribution is -2.23. The van der Waals surface area contributed by atoms with Crippen LogP contribution in [0.2, 0.25) is 0 Å². The highest BCUT2D eigenvalue weighted by Crippen LogP contribution is 2.35. The molecule has 0 aromatic heterocycles. The van der Waals surface area contributed by atoms with Crippen LogP contribution in [-0.4, -0.2) is 12.2 Å². The highest BCUT2D eigenvalue weighted by Gasteiger charge is 2.29. The minimum atomic E-state index is -1.32. The molecule has 0 fully saturated rings. The first kappa shape index (κ1) is 12.5. The van der Waals surface area contributed by atoms with Gasteiger partial charge in [0, 0.05) is 6.42 Å². The van der Waals surface area contributed by atoms with Gasteiger partial charge in [-0.1, -0.05) is 6.07 Å². The molecule has 0 saturated carbocycles. The summed E-state index contributed by atoms with van der Waals surface area (Å²) in [6.07, 6.45) is 5.81. The SMILES string of the molecule is C#CCCC(C)(O)c1c(F)cccc1OC. The van der Waals surface area contributed by atoms with Crippen LogP contribution in [0.5, 0.6) is 5.75 Å². The molecule has 0 spiro atoms. The fourth-order valence-corrected chi connectivity index (χ4v) is 1.64. The van der Waals surface area contributed by atoms with Crippen LogP contribution in [-0.2, 0) is 5.60 Å². The summed E-state index contributed by atoms with van der Waals surface area (Å²) in [5, 5.41) is 10.2. The lowest BCUT2D eigenvalue weighted by Gasteiger charge is -2.25. The second-order valence-electron chi connectivity index (χ2n) is 3.80.